The van der Waals surface area contributed by atoms with Crippen molar-refractivity contribution in [3.63, 3.8) is 0 Å². The third kappa shape index (κ3) is 3.81. The number of aliphatic hydroxyl groups excluding tert-OH is 1. The van der Waals surface area contributed by atoms with Crippen LogP contribution in [-0.2, 0) is 6.54 Å². The van der Waals surface area contributed by atoms with Crippen molar-refractivity contribution in [2.24, 2.45) is 0 Å². The molecule has 1 aliphatic heterocycles. The Bertz CT molecular complexity index is 780. The summed E-state index contributed by atoms with van der Waals surface area (Å²) < 4.78 is 0. The summed E-state index contributed by atoms with van der Waals surface area (Å²) in [5.74, 6) is 0. The highest BCUT2D eigenvalue weighted by Crippen LogP contribution is 2.23. The monoisotopic (exact) mass is 335 g/mol. The van der Waals surface area contributed by atoms with E-state index in [1.54, 1.807) is 11.0 Å². The summed E-state index contributed by atoms with van der Waals surface area (Å²) in [5.41, 5.74) is 3.52. The molecule has 2 aromatic carbocycles. The molecule has 0 bridgehead atoms. The Morgan fingerprint density at radius 2 is 2.00 bits per heavy atom. The van der Waals surface area contributed by atoms with Crippen LogP contribution in [0.1, 0.15) is 24.0 Å². The van der Waals surface area contributed by atoms with E-state index in [9.17, 15) is 15.2 Å². The number of nitrogens with one attached hydrogen (secondary N) is 1. The SMILES string of the molecule is N#Cc1ccccc1-c1ccc(CNC(=O)N2CCC[C@H]2CO)cc1. The summed E-state index contributed by atoms with van der Waals surface area (Å²) >= 11 is 0. The van der Waals surface area contributed by atoms with Gasteiger partial charge in [0.1, 0.15) is 0 Å². The lowest BCUT2D eigenvalue weighted by Crippen LogP contribution is -2.43. The maximum absolute atomic E-state index is 12.2. The van der Waals surface area contributed by atoms with Gasteiger partial charge >= 0.3 is 6.03 Å². The van der Waals surface area contributed by atoms with Gasteiger partial charge in [-0.05, 0) is 35.6 Å². The minimum Gasteiger partial charge on any atom is -0.394 e. The van der Waals surface area contributed by atoms with Gasteiger partial charge in [0.2, 0.25) is 0 Å². The second-order valence-electron chi connectivity index (χ2n) is 6.19. The summed E-state index contributed by atoms with van der Waals surface area (Å²) in [6.45, 7) is 1.15. The lowest BCUT2D eigenvalue weighted by atomic mass is 9.99. The zero-order valence-electron chi connectivity index (χ0n) is 14.0. The van der Waals surface area contributed by atoms with Crippen molar-refractivity contribution in [2.75, 3.05) is 13.2 Å². The fraction of sp³-hybridized carbons (Fsp3) is 0.300. The molecule has 5 nitrogen and oxygen atoms in total. The predicted octanol–water partition coefficient (Wildman–Crippen LogP) is 2.89. The second kappa shape index (κ2) is 7.82. The summed E-state index contributed by atoms with van der Waals surface area (Å²) in [4.78, 5) is 13.9. The molecule has 1 fully saturated rings. The molecular weight excluding hydrogens is 314 g/mol. The molecule has 1 saturated heterocycles. The molecule has 1 aliphatic rings. The minimum absolute atomic E-state index is 0.0143. The Hall–Kier alpha value is -2.84. The van der Waals surface area contributed by atoms with Crippen LogP contribution in [0.25, 0.3) is 11.1 Å². The van der Waals surface area contributed by atoms with Gasteiger partial charge in [0.15, 0.2) is 0 Å². The number of hydrogen-bond donors (Lipinski definition) is 2. The Balaban J connectivity index is 1.63. The molecule has 0 saturated carbocycles. The normalized spacial score (nSPS) is 16.5. The van der Waals surface area contributed by atoms with Gasteiger partial charge in [0.05, 0.1) is 24.3 Å². The van der Waals surface area contributed by atoms with Gasteiger partial charge in [-0.1, -0.05) is 42.5 Å². The molecule has 25 heavy (non-hydrogen) atoms. The predicted molar refractivity (Wildman–Crippen MR) is 95.6 cm³/mol. The lowest BCUT2D eigenvalue weighted by molar-refractivity contribution is 0.157. The van der Waals surface area contributed by atoms with Crippen molar-refractivity contribution < 1.29 is 9.90 Å². The van der Waals surface area contributed by atoms with Crippen molar-refractivity contribution in [2.45, 2.75) is 25.4 Å². The smallest absolute Gasteiger partial charge is 0.317 e. The van der Waals surface area contributed by atoms with E-state index in [2.05, 4.69) is 11.4 Å². The van der Waals surface area contributed by atoms with Crippen molar-refractivity contribution in [1.82, 2.24) is 10.2 Å². The van der Waals surface area contributed by atoms with Gasteiger partial charge in [0, 0.05) is 13.1 Å². The third-order valence-electron chi connectivity index (χ3n) is 4.60. The molecule has 0 aliphatic carbocycles. The number of nitriles is 1. The van der Waals surface area contributed by atoms with Crippen LogP contribution in [0.15, 0.2) is 48.5 Å². The number of carbonyl (C=O) groups is 1. The van der Waals surface area contributed by atoms with E-state index < -0.39 is 0 Å². The van der Waals surface area contributed by atoms with Gasteiger partial charge in [-0.2, -0.15) is 5.26 Å². The van der Waals surface area contributed by atoms with Crippen LogP contribution in [0.4, 0.5) is 4.79 Å². The molecular formula is C20H21N3O2. The van der Waals surface area contributed by atoms with Gasteiger partial charge in [-0.25, -0.2) is 4.79 Å². The number of carbonyl (C=O) groups excluding carboxylic acids is 1. The van der Waals surface area contributed by atoms with Gasteiger partial charge < -0.3 is 15.3 Å². The molecule has 0 radical (unpaired) electrons. The highest BCUT2D eigenvalue weighted by molar-refractivity contribution is 5.75. The Morgan fingerprint density at radius 1 is 1.24 bits per heavy atom. The molecule has 1 heterocycles. The van der Waals surface area contributed by atoms with E-state index in [1.165, 1.54) is 0 Å². The van der Waals surface area contributed by atoms with E-state index >= 15 is 0 Å². The van der Waals surface area contributed by atoms with Crippen LogP contribution in [0.5, 0.6) is 0 Å². The van der Waals surface area contributed by atoms with E-state index in [-0.39, 0.29) is 18.7 Å². The standard InChI is InChI=1S/C20H21N3O2/c21-12-17-4-1-2-6-19(17)16-9-7-15(8-10-16)13-22-20(25)23-11-3-5-18(23)14-24/h1-2,4,6-10,18,24H,3,5,11,13-14H2,(H,22,25)/t18-/m0/s1. The zero-order valence-corrected chi connectivity index (χ0v) is 14.0. The van der Waals surface area contributed by atoms with Crippen LogP contribution in [-0.4, -0.2) is 35.2 Å². The third-order valence-corrected chi connectivity index (χ3v) is 4.60. The maximum atomic E-state index is 12.2. The summed E-state index contributed by atoms with van der Waals surface area (Å²) in [7, 11) is 0. The van der Waals surface area contributed by atoms with Crippen molar-refractivity contribution in [3.05, 3.63) is 59.7 Å². The maximum Gasteiger partial charge on any atom is 0.317 e. The molecule has 2 amide bonds. The molecule has 1 atom stereocenters. The summed E-state index contributed by atoms with van der Waals surface area (Å²) in [6.07, 6.45) is 1.79. The van der Waals surface area contributed by atoms with Crippen molar-refractivity contribution >= 4 is 6.03 Å². The average molecular weight is 335 g/mol. The molecule has 0 spiro atoms. The molecule has 128 valence electrons. The number of nitrogens with zero attached hydrogens (tertiary/aromatic N) is 2. The van der Waals surface area contributed by atoms with Crippen LogP contribution in [0.2, 0.25) is 0 Å². The van der Waals surface area contributed by atoms with E-state index in [0.29, 0.717) is 18.7 Å². The minimum atomic E-state index is -0.129. The molecule has 0 unspecified atom stereocenters. The van der Waals surface area contributed by atoms with Gasteiger partial charge in [0.25, 0.3) is 0 Å². The average Bonchev–Trinajstić information content (AvgIpc) is 3.15. The number of hydrogen-bond acceptors (Lipinski definition) is 3. The van der Waals surface area contributed by atoms with Crippen LogP contribution < -0.4 is 5.32 Å². The number of aliphatic hydroxyl groups is 1. The Labute approximate surface area is 147 Å². The van der Waals surface area contributed by atoms with E-state index in [4.69, 9.17) is 0 Å². The van der Waals surface area contributed by atoms with Gasteiger partial charge in [-0.15, -0.1) is 0 Å². The highest BCUT2D eigenvalue weighted by Gasteiger charge is 2.27. The number of rotatable bonds is 4. The quantitative estimate of drug-likeness (QED) is 0.902. The van der Waals surface area contributed by atoms with Crippen LogP contribution in [0, 0.1) is 11.3 Å². The van der Waals surface area contributed by atoms with Gasteiger partial charge in [-0.3, -0.25) is 0 Å². The first-order chi connectivity index (χ1) is 12.2. The topological polar surface area (TPSA) is 76.4 Å². The first kappa shape index (κ1) is 17.0. The summed E-state index contributed by atoms with van der Waals surface area (Å²) in [5, 5.41) is 21.4. The highest BCUT2D eigenvalue weighted by atomic mass is 16.3. The van der Waals surface area contributed by atoms with Crippen LogP contribution in [0.3, 0.4) is 0 Å². The Morgan fingerprint density at radius 3 is 2.72 bits per heavy atom. The number of benzene rings is 2. The largest absolute Gasteiger partial charge is 0.394 e. The van der Waals surface area contributed by atoms with E-state index in [1.807, 2.05) is 42.5 Å². The van der Waals surface area contributed by atoms with Crippen LogP contribution >= 0.6 is 0 Å². The Kier molecular flexibility index (Phi) is 5.32. The fourth-order valence-electron chi connectivity index (χ4n) is 3.21. The zero-order chi connectivity index (χ0) is 17.6. The molecule has 3 rings (SSSR count). The first-order valence-electron chi connectivity index (χ1n) is 8.46. The number of likely N-dealkylation sites (tertiary alicyclic amines) is 1. The molecule has 2 aromatic rings. The van der Waals surface area contributed by atoms with Crippen molar-refractivity contribution in [3.8, 4) is 17.2 Å². The molecule has 0 aromatic heterocycles. The lowest BCUT2D eigenvalue weighted by Gasteiger charge is -2.23. The molecule has 2 N–H and O–H groups in total. The first-order valence-corrected chi connectivity index (χ1v) is 8.46. The summed E-state index contributed by atoms with van der Waals surface area (Å²) in [6, 6.07) is 17.3. The number of urea groups is 1. The van der Waals surface area contributed by atoms with Crippen molar-refractivity contribution in [1.29, 1.82) is 5.26 Å². The fourth-order valence-corrected chi connectivity index (χ4v) is 3.21. The molecule has 5 heteroatoms. The number of amides is 2. The second-order valence-corrected chi connectivity index (χ2v) is 6.19. The van der Waals surface area contributed by atoms with E-state index in [0.717, 1.165) is 29.5 Å².